The zero-order chi connectivity index (χ0) is 36.3. The van der Waals surface area contributed by atoms with Gasteiger partial charge < -0.3 is 10.0 Å². The molecule has 0 bridgehead atoms. The molecule has 6 rings (SSSR count). The molecule has 5 heterocycles. The number of benzene rings is 1. The molecule has 0 aliphatic carbocycles. The summed E-state index contributed by atoms with van der Waals surface area (Å²) in [6.07, 6.45) is 8.35. The minimum absolute atomic E-state index is 0.0222. The largest absolute Gasteiger partial charge is 0.481 e. The molecular formula is C34H39Br2ClN4O6S4. The number of sulfonamides is 2. The first kappa shape index (κ1) is 39.1. The van der Waals surface area contributed by atoms with Crippen molar-refractivity contribution in [3.05, 3.63) is 66.8 Å². The zero-order valence-corrected chi connectivity index (χ0v) is 34.8. The zero-order valence-electron chi connectivity index (χ0n) is 27.6. The molecule has 3 aromatic heterocycles. The van der Waals surface area contributed by atoms with Gasteiger partial charge in [-0.2, -0.15) is 4.31 Å². The first-order valence-corrected chi connectivity index (χ1v) is 23.4. The van der Waals surface area contributed by atoms with Gasteiger partial charge in [0, 0.05) is 47.6 Å². The minimum Gasteiger partial charge on any atom is -0.481 e. The number of rotatable bonds is 14. The summed E-state index contributed by atoms with van der Waals surface area (Å²) < 4.78 is 60.1. The summed E-state index contributed by atoms with van der Waals surface area (Å²) >= 11 is 15.6. The van der Waals surface area contributed by atoms with Gasteiger partial charge in [-0.15, -0.1) is 22.7 Å². The number of anilines is 1. The van der Waals surface area contributed by atoms with E-state index in [9.17, 15) is 26.7 Å². The van der Waals surface area contributed by atoms with E-state index in [1.807, 2.05) is 29.6 Å². The maximum atomic E-state index is 13.4. The second-order valence-electron chi connectivity index (χ2n) is 13.2. The summed E-state index contributed by atoms with van der Waals surface area (Å²) in [7, 11) is -7.56. The monoisotopic (exact) mass is 920 g/mol. The van der Waals surface area contributed by atoms with Crippen LogP contribution in [0.15, 0.2) is 66.0 Å². The Bertz CT molecular complexity index is 2060. The third kappa shape index (κ3) is 9.55. The molecule has 0 radical (unpaired) electrons. The molecule has 2 saturated heterocycles. The van der Waals surface area contributed by atoms with Crippen molar-refractivity contribution in [1.82, 2.24) is 14.0 Å². The SMILES string of the molecule is O=C(O)CC(Cc1csc2ccccc12)NS(=O)(=O)c1cnc(N2CCC(CCCC3CCN(S(=O)(=O)c4cc(Br)c(Cl)s4)CC3)CC2)c(Br)c1. The van der Waals surface area contributed by atoms with E-state index in [1.165, 1.54) is 6.20 Å². The van der Waals surface area contributed by atoms with Crippen molar-refractivity contribution in [3.8, 4) is 0 Å². The molecule has 2 aliphatic rings. The molecule has 1 atom stereocenters. The van der Waals surface area contributed by atoms with Crippen LogP contribution in [0.2, 0.25) is 4.34 Å². The second kappa shape index (κ2) is 16.8. The van der Waals surface area contributed by atoms with Gasteiger partial charge in [-0.1, -0.05) is 49.1 Å². The van der Waals surface area contributed by atoms with Crippen LogP contribution in [0.4, 0.5) is 5.82 Å². The van der Waals surface area contributed by atoms with Gasteiger partial charge in [0.1, 0.15) is 19.3 Å². The fourth-order valence-corrected chi connectivity index (χ4v) is 13.9. The maximum Gasteiger partial charge on any atom is 0.304 e. The van der Waals surface area contributed by atoms with Gasteiger partial charge >= 0.3 is 5.97 Å². The molecule has 0 amide bonds. The summed E-state index contributed by atoms with van der Waals surface area (Å²) in [5.74, 6) is 0.731. The van der Waals surface area contributed by atoms with Crippen molar-refractivity contribution in [2.45, 2.75) is 72.9 Å². The Balaban J connectivity index is 0.968. The summed E-state index contributed by atoms with van der Waals surface area (Å²) in [5.41, 5.74) is 0.908. The smallest absolute Gasteiger partial charge is 0.304 e. The van der Waals surface area contributed by atoms with Gasteiger partial charge in [0.05, 0.1) is 10.9 Å². The number of nitrogens with zero attached hydrogens (tertiary/aromatic N) is 3. The van der Waals surface area contributed by atoms with Gasteiger partial charge in [0.2, 0.25) is 10.0 Å². The number of carboxylic acid groups (broad SMARTS) is 1. The van der Waals surface area contributed by atoms with E-state index in [4.69, 9.17) is 11.6 Å². The Hall–Kier alpha value is -1.63. The van der Waals surface area contributed by atoms with Gasteiger partial charge in [-0.05, 0) is 110 Å². The Morgan fingerprint density at radius 2 is 1.67 bits per heavy atom. The number of pyridine rings is 1. The lowest BCUT2D eigenvalue weighted by Crippen LogP contribution is -2.38. The highest BCUT2D eigenvalue weighted by Gasteiger charge is 2.32. The first-order valence-electron chi connectivity index (χ1n) is 16.8. The molecule has 276 valence electrons. The van der Waals surface area contributed by atoms with Crippen LogP contribution in [0, 0.1) is 11.8 Å². The Kier molecular flexibility index (Phi) is 12.9. The summed E-state index contributed by atoms with van der Waals surface area (Å²) in [4.78, 5) is 18.4. The number of hydrogen-bond acceptors (Lipinski definition) is 9. The molecule has 0 saturated carbocycles. The van der Waals surface area contributed by atoms with Crippen LogP contribution in [0.25, 0.3) is 10.1 Å². The highest BCUT2D eigenvalue weighted by atomic mass is 79.9. The van der Waals surface area contributed by atoms with Crippen LogP contribution < -0.4 is 9.62 Å². The lowest BCUT2D eigenvalue weighted by atomic mass is 9.87. The van der Waals surface area contributed by atoms with Crippen LogP contribution >= 0.6 is 66.1 Å². The summed E-state index contributed by atoms with van der Waals surface area (Å²) in [5, 5.41) is 12.5. The molecular weight excluding hydrogens is 884 g/mol. The predicted molar refractivity (Wildman–Crippen MR) is 211 cm³/mol. The van der Waals surface area contributed by atoms with E-state index in [1.54, 1.807) is 27.8 Å². The van der Waals surface area contributed by atoms with Crippen molar-refractivity contribution in [2.24, 2.45) is 11.8 Å². The fraction of sp³-hybridized carbons (Fsp3) is 0.471. The number of nitrogens with one attached hydrogen (secondary N) is 1. The molecule has 1 unspecified atom stereocenters. The number of carbonyl (C=O) groups is 1. The second-order valence-corrected chi connectivity index (χ2v) is 21.4. The van der Waals surface area contributed by atoms with Crippen LogP contribution in [-0.2, 0) is 31.3 Å². The van der Waals surface area contributed by atoms with E-state index in [0.29, 0.717) is 44.0 Å². The highest BCUT2D eigenvalue weighted by molar-refractivity contribution is 9.11. The third-order valence-corrected chi connectivity index (χ3v) is 17.7. The number of aliphatic carboxylic acids is 1. The Labute approximate surface area is 329 Å². The van der Waals surface area contributed by atoms with Gasteiger partial charge in [-0.25, -0.2) is 26.5 Å². The van der Waals surface area contributed by atoms with E-state index in [0.717, 1.165) is 85.0 Å². The van der Waals surface area contributed by atoms with Crippen LogP contribution in [0.5, 0.6) is 0 Å². The molecule has 17 heteroatoms. The molecule has 51 heavy (non-hydrogen) atoms. The predicted octanol–water partition coefficient (Wildman–Crippen LogP) is 8.39. The van der Waals surface area contributed by atoms with Crippen LogP contribution in [-0.4, -0.2) is 69.4 Å². The van der Waals surface area contributed by atoms with Crippen molar-refractivity contribution in [3.63, 3.8) is 0 Å². The number of carboxylic acids is 1. The number of thiophene rings is 2. The van der Waals surface area contributed by atoms with Gasteiger partial charge in [0.15, 0.2) is 0 Å². The number of aromatic nitrogens is 1. The number of hydrogen-bond donors (Lipinski definition) is 2. The van der Waals surface area contributed by atoms with Gasteiger partial charge in [-0.3, -0.25) is 4.79 Å². The topological polar surface area (TPSA) is 137 Å². The molecule has 1 aromatic carbocycles. The number of halogens is 3. The molecule has 2 N–H and O–H groups in total. The van der Waals surface area contributed by atoms with E-state index >= 15 is 0 Å². The lowest BCUT2D eigenvalue weighted by molar-refractivity contribution is -0.137. The maximum absolute atomic E-state index is 13.4. The fourth-order valence-electron chi connectivity index (χ4n) is 7.05. The van der Waals surface area contributed by atoms with Crippen molar-refractivity contribution >= 4 is 108 Å². The van der Waals surface area contributed by atoms with E-state index in [-0.39, 0.29) is 21.9 Å². The Morgan fingerprint density at radius 1 is 1.00 bits per heavy atom. The average molecular weight is 923 g/mol. The van der Waals surface area contributed by atoms with Crippen LogP contribution in [0.3, 0.4) is 0 Å². The quantitative estimate of drug-likeness (QED) is 0.129. The lowest BCUT2D eigenvalue weighted by Gasteiger charge is -2.34. The van der Waals surface area contributed by atoms with Gasteiger partial charge in [0.25, 0.3) is 10.0 Å². The third-order valence-electron chi connectivity index (χ3n) is 9.81. The minimum atomic E-state index is -4.04. The highest BCUT2D eigenvalue weighted by Crippen LogP contribution is 2.38. The molecule has 2 aliphatic heterocycles. The molecule has 2 fully saturated rings. The molecule has 4 aromatic rings. The summed E-state index contributed by atoms with van der Waals surface area (Å²) in [6, 6.07) is 10.1. The van der Waals surface area contributed by atoms with Crippen molar-refractivity contribution in [1.29, 1.82) is 0 Å². The number of piperidine rings is 2. The molecule has 0 spiro atoms. The Morgan fingerprint density at radius 3 is 2.29 bits per heavy atom. The normalized spacial score (nSPS) is 17.7. The summed E-state index contributed by atoms with van der Waals surface area (Å²) in [6.45, 7) is 2.70. The van der Waals surface area contributed by atoms with Crippen molar-refractivity contribution in [2.75, 3.05) is 31.1 Å². The van der Waals surface area contributed by atoms with Crippen molar-refractivity contribution < 1.29 is 26.7 Å². The van der Waals surface area contributed by atoms with E-state index in [2.05, 4.69) is 46.5 Å². The molecule has 10 nitrogen and oxygen atoms in total. The standard InChI is InChI=1S/C34H39Br2ClN4O6S4/c35-28-19-32(49-33(28)37)51(46,47)41-14-10-23(11-15-41)5-3-4-22-8-12-40(13-9-22)34-29(36)18-26(20-38-34)50(44,45)39-25(17-31(42)43)16-24-21-48-30-7-2-1-6-27(24)30/h1-2,6-7,18-23,25,39H,3-5,8-17H2,(H,42,43). The first-order chi connectivity index (χ1) is 24.3. The average Bonchev–Trinajstić information content (AvgIpc) is 3.67. The van der Waals surface area contributed by atoms with E-state index < -0.39 is 32.1 Å². The van der Waals surface area contributed by atoms with Crippen LogP contribution in [0.1, 0.15) is 56.9 Å². The number of fused-ring (bicyclic) bond motifs is 1.